The number of hydrogen-bond donors (Lipinski definition) is 1. The molecule has 3 nitrogen and oxygen atoms in total. The Morgan fingerprint density at radius 3 is 2.00 bits per heavy atom. The Morgan fingerprint density at radius 2 is 2.00 bits per heavy atom. The molecule has 0 fully saturated rings. The number of nitrogens with one attached hydrogen (secondary N) is 1. The van der Waals surface area contributed by atoms with Gasteiger partial charge in [0, 0.05) is 0 Å². The monoisotopic (exact) mass is 90.0 g/mol. The second-order valence-electron chi connectivity index (χ2n) is 0.857. The molecule has 0 aromatic heterocycles. The van der Waals surface area contributed by atoms with Gasteiger partial charge >= 0.3 is 0 Å². The molecule has 1 N–H and O–H groups in total. The summed E-state index contributed by atoms with van der Waals surface area (Å²) in [5.41, 5.74) is 0. The quantitative estimate of drug-likeness (QED) is 0.351. The minimum absolute atomic E-state index is 0.347. The number of urea groups is 1. The van der Waals surface area contributed by atoms with Crippen molar-refractivity contribution in [1.29, 1.82) is 0 Å². The van der Waals surface area contributed by atoms with Crippen LogP contribution in [0.25, 0.3) is 0 Å². The lowest BCUT2D eigenvalue weighted by atomic mass is 10.2. The summed E-state index contributed by atoms with van der Waals surface area (Å²) in [4.78, 5) is 9.95. The molecule has 0 rings (SSSR count). The molecule has 30 valence electrons. The van der Waals surface area contributed by atoms with E-state index in [4.69, 9.17) is 0 Å². The lowest BCUT2D eigenvalue weighted by molar-refractivity contribution is 0.242. The molecule has 7 heavy (non-hydrogen) atoms. The van der Waals surface area contributed by atoms with Gasteiger partial charge in [0.1, 0.15) is 0 Å². The molecular formula is CHB3N2O. The molecule has 0 saturated heterocycles. The standard InChI is InChI=1S/CHB3N2O/c2-5-1(7)6(3)4/h(H,5,7). The minimum atomic E-state index is -0.736. The van der Waals surface area contributed by atoms with Gasteiger partial charge in [-0.15, -0.1) is 0 Å². The molecule has 6 heteroatoms. The average Bonchev–Trinajstić information content (AvgIpc) is 1.65. The van der Waals surface area contributed by atoms with Gasteiger partial charge < -0.3 is 9.95 Å². The number of hydrogen-bond acceptors (Lipinski definition) is 1. The van der Waals surface area contributed by atoms with Crippen molar-refractivity contribution < 1.29 is 4.79 Å². The second-order valence-corrected chi connectivity index (χ2v) is 0.857. The zero-order valence-corrected chi connectivity index (χ0v) is 3.59. The van der Waals surface area contributed by atoms with Gasteiger partial charge in [-0.2, -0.15) is 0 Å². The van der Waals surface area contributed by atoms with Gasteiger partial charge in [-0.05, 0) is 0 Å². The summed E-state index contributed by atoms with van der Waals surface area (Å²) in [6.45, 7) is 0. The summed E-state index contributed by atoms with van der Waals surface area (Å²) in [6, 6.07) is -0.736. The summed E-state index contributed by atoms with van der Waals surface area (Å²) >= 11 is 0. The second kappa shape index (κ2) is 2.61. The third kappa shape index (κ3) is 2.20. The van der Waals surface area contributed by atoms with E-state index in [9.17, 15) is 4.79 Å². The van der Waals surface area contributed by atoms with Gasteiger partial charge in [-0.1, -0.05) is 0 Å². The van der Waals surface area contributed by atoms with Crippen LogP contribution in [0.3, 0.4) is 0 Å². The van der Waals surface area contributed by atoms with Crippen LogP contribution in [0.4, 0.5) is 4.79 Å². The van der Waals surface area contributed by atoms with Crippen LogP contribution in [-0.4, -0.2) is 34.7 Å². The van der Waals surface area contributed by atoms with Crippen molar-refractivity contribution in [3.8, 4) is 0 Å². The molecule has 0 aromatic carbocycles. The van der Waals surface area contributed by atoms with Crippen LogP contribution in [0.2, 0.25) is 0 Å². The van der Waals surface area contributed by atoms with Crippen LogP contribution in [0, 0.1) is 0 Å². The zero-order valence-electron chi connectivity index (χ0n) is 3.59. The van der Waals surface area contributed by atoms with Crippen molar-refractivity contribution in [2.24, 2.45) is 0 Å². The molecule has 0 aliphatic heterocycles. The topological polar surface area (TPSA) is 32.3 Å². The molecule has 0 aromatic rings. The molecule has 0 aliphatic rings. The average molecular weight is 89.5 g/mol. The Labute approximate surface area is 45.7 Å². The molecule has 6 radical (unpaired) electrons. The van der Waals surface area contributed by atoms with Crippen molar-refractivity contribution in [3.63, 3.8) is 0 Å². The molecule has 0 spiro atoms. The number of rotatable bonds is 0. The predicted molar refractivity (Wildman–Crippen MR) is 27.6 cm³/mol. The highest BCUT2D eigenvalue weighted by molar-refractivity contribution is 6.35. The van der Waals surface area contributed by atoms with Crippen LogP contribution in [0.15, 0.2) is 0 Å². The highest BCUT2D eigenvalue weighted by Crippen LogP contribution is 1.67. The van der Waals surface area contributed by atoms with Gasteiger partial charge in [0.2, 0.25) is 23.9 Å². The van der Waals surface area contributed by atoms with E-state index in [1.807, 2.05) is 0 Å². The van der Waals surface area contributed by atoms with Gasteiger partial charge in [0.05, 0.1) is 0 Å². The SMILES string of the molecule is [B]NC(=O)N([B])[B]. The van der Waals surface area contributed by atoms with Crippen molar-refractivity contribution in [1.82, 2.24) is 9.95 Å². The normalized spacial score (nSPS) is 7.43. The predicted octanol–water partition coefficient (Wildman–Crippen LogP) is -1.75. The Bertz CT molecular complexity index is 73.3. The lowest BCUT2D eigenvalue weighted by Gasteiger charge is -2.08. The first-order chi connectivity index (χ1) is 3.18. The summed E-state index contributed by atoms with van der Waals surface area (Å²) in [6.07, 6.45) is 0. The van der Waals surface area contributed by atoms with E-state index in [1.54, 1.807) is 5.23 Å². The first-order valence-electron chi connectivity index (χ1n) is 1.48. The smallest absolute Gasteiger partial charge is 0.278 e. The van der Waals surface area contributed by atoms with Gasteiger partial charge in [-0.3, -0.25) is 4.79 Å². The van der Waals surface area contributed by atoms with Crippen LogP contribution < -0.4 is 5.23 Å². The Hall–Kier alpha value is -0.535. The van der Waals surface area contributed by atoms with Gasteiger partial charge in [0.15, 0.2) is 0 Å². The maximum Gasteiger partial charge on any atom is 0.278 e. The number of carbonyl (C=O) groups excluding carboxylic acids is 1. The van der Waals surface area contributed by atoms with Crippen molar-refractivity contribution in [2.75, 3.05) is 0 Å². The molecule has 0 heterocycles. The Balaban J connectivity index is 3.35. The highest BCUT2D eigenvalue weighted by atomic mass is 16.2. The third-order valence-electron chi connectivity index (χ3n) is 0.358. The number of carbonyl (C=O) groups is 1. The number of amides is 2. The van der Waals surface area contributed by atoms with E-state index >= 15 is 0 Å². The maximum absolute atomic E-state index is 9.95. The fourth-order valence-electron chi connectivity index (χ4n) is 0.0745. The Morgan fingerprint density at radius 1 is 1.57 bits per heavy atom. The molecule has 0 aliphatic carbocycles. The largest absolute Gasteiger partial charge is 0.432 e. The summed E-state index contributed by atoms with van der Waals surface area (Å²) in [7, 11) is 13.9. The zero-order chi connectivity index (χ0) is 5.86. The summed E-state index contributed by atoms with van der Waals surface area (Å²) in [5, 5.41) is 1.70. The molecule has 0 atom stereocenters. The maximum atomic E-state index is 9.95. The van der Waals surface area contributed by atoms with Crippen LogP contribution in [-0.2, 0) is 0 Å². The fraction of sp³-hybridized carbons (Fsp3) is 0. The van der Waals surface area contributed by atoms with Crippen molar-refractivity contribution in [2.45, 2.75) is 0 Å². The summed E-state index contributed by atoms with van der Waals surface area (Å²) < 4.78 is 0.347. The summed E-state index contributed by atoms with van der Waals surface area (Å²) in [5.74, 6) is 0. The molecule has 0 saturated carbocycles. The molecule has 0 bridgehead atoms. The van der Waals surface area contributed by atoms with Gasteiger partial charge in [0.25, 0.3) is 6.03 Å². The lowest BCUT2D eigenvalue weighted by Crippen LogP contribution is -2.34. The van der Waals surface area contributed by atoms with E-state index in [-0.39, 0.29) is 0 Å². The Kier molecular flexibility index (Phi) is 2.41. The van der Waals surface area contributed by atoms with Crippen molar-refractivity contribution in [3.05, 3.63) is 0 Å². The van der Waals surface area contributed by atoms with Crippen LogP contribution >= 0.6 is 0 Å². The van der Waals surface area contributed by atoms with Crippen molar-refractivity contribution >= 4 is 30.0 Å². The van der Waals surface area contributed by atoms with Crippen LogP contribution in [0.1, 0.15) is 0 Å². The van der Waals surface area contributed by atoms with Gasteiger partial charge in [-0.25, -0.2) is 0 Å². The molecule has 0 unspecified atom stereocenters. The first-order valence-corrected chi connectivity index (χ1v) is 1.48. The highest BCUT2D eigenvalue weighted by Gasteiger charge is 1.93. The molecular weight excluding hydrogens is 88.5 g/mol. The van der Waals surface area contributed by atoms with E-state index < -0.39 is 6.03 Å². The van der Waals surface area contributed by atoms with Crippen LogP contribution in [0.5, 0.6) is 0 Å². The van der Waals surface area contributed by atoms with E-state index in [1.165, 1.54) is 0 Å². The van der Waals surface area contributed by atoms with E-state index in [0.717, 1.165) is 0 Å². The minimum Gasteiger partial charge on any atom is -0.432 e. The first kappa shape index (κ1) is 6.46. The van der Waals surface area contributed by atoms with E-state index in [0.29, 0.717) is 4.72 Å². The third-order valence-corrected chi connectivity index (χ3v) is 0.358. The number of nitrogens with zero attached hydrogens (tertiary/aromatic N) is 1. The van der Waals surface area contributed by atoms with E-state index in [2.05, 4.69) is 23.9 Å². The fourth-order valence-corrected chi connectivity index (χ4v) is 0.0745. The molecule has 2 amide bonds.